The first kappa shape index (κ1) is 16.5. The summed E-state index contributed by atoms with van der Waals surface area (Å²) in [5.41, 5.74) is 1.91. The molecule has 0 aliphatic heterocycles. The lowest BCUT2D eigenvalue weighted by Gasteiger charge is -2.36. The van der Waals surface area contributed by atoms with Gasteiger partial charge in [0.05, 0.1) is 6.10 Å². The van der Waals surface area contributed by atoms with Crippen LogP contribution in [0.1, 0.15) is 49.8 Å². The SMILES string of the molecule is C=CCCCCC(C)(c1ccccc1)C(O)c1ccccc1. The number of unbranched alkanes of at least 4 members (excludes halogenated alkanes) is 2. The van der Waals surface area contributed by atoms with E-state index >= 15 is 0 Å². The zero-order valence-corrected chi connectivity index (χ0v) is 13.4. The van der Waals surface area contributed by atoms with Crippen molar-refractivity contribution in [2.75, 3.05) is 0 Å². The van der Waals surface area contributed by atoms with Crippen LogP contribution in [0.25, 0.3) is 0 Å². The second-order valence-electron chi connectivity index (χ2n) is 6.13. The average molecular weight is 294 g/mol. The molecule has 2 aromatic rings. The van der Waals surface area contributed by atoms with Crippen LogP contribution in [-0.2, 0) is 5.41 Å². The highest BCUT2D eigenvalue weighted by Crippen LogP contribution is 2.41. The van der Waals surface area contributed by atoms with E-state index in [0.29, 0.717) is 0 Å². The molecule has 1 heteroatoms. The Morgan fingerprint density at radius 3 is 2.18 bits per heavy atom. The van der Waals surface area contributed by atoms with Crippen molar-refractivity contribution in [3.05, 3.63) is 84.4 Å². The summed E-state index contributed by atoms with van der Waals surface area (Å²) in [4.78, 5) is 0. The monoisotopic (exact) mass is 294 g/mol. The fourth-order valence-electron chi connectivity index (χ4n) is 3.04. The average Bonchev–Trinajstić information content (AvgIpc) is 2.59. The van der Waals surface area contributed by atoms with Crippen LogP contribution in [0, 0.1) is 0 Å². The lowest BCUT2D eigenvalue weighted by Crippen LogP contribution is -2.30. The van der Waals surface area contributed by atoms with Crippen LogP contribution in [-0.4, -0.2) is 5.11 Å². The van der Waals surface area contributed by atoms with Gasteiger partial charge in [-0.3, -0.25) is 0 Å². The van der Waals surface area contributed by atoms with Gasteiger partial charge in [0.25, 0.3) is 0 Å². The van der Waals surface area contributed by atoms with Crippen LogP contribution in [0.2, 0.25) is 0 Å². The van der Waals surface area contributed by atoms with Crippen molar-refractivity contribution < 1.29 is 5.11 Å². The normalized spacial score (nSPS) is 15.0. The molecule has 0 bridgehead atoms. The molecule has 2 atom stereocenters. The molecule has 1 N–H and O–H groups in total. The first-order valence-corrected chi connectivity index (χ1v) is 8.08. The number of benzene rings is 2. The highest BCUT2D eigenvalue weighted by molar-refractivity contribution is 5.31. The number of hydrogen-bond acceptors (Lipinski definition) is 1. The Hall–Kier alpha value is -1.86. The van der Waals surface area contributed by atoms with E-state index in [1.165, 1.54) is 5.56 Å². The number of aliphatic hydroxyl groups excluding tert-OH is 1. The predicted octanol–water partition coefficient (Wildman–Crippen LogP) is 5.42. The van der Waals surface area contributed by atoms with Crippen molar-refractivity contribution in [2.24, 2.45) is 0 Å². The van der Waals surface area contributed by atoms with Crippen molar-refractivity contribution in [3.8, 4) is 0 Å². The van der Waals surface area contributed by atoms with Crippen LogP contribution in [0.4, 0.5) is 0 Å². The van der Waals surface area contributed by atoms with Crippen molar-refractivity contribution in [1.29, 1.82) is 0 Å². The third kappa shape index (κ3) is 3.86. The zero-order chi connectivity index (χ0) is 15.8. The molecular weight excluding hydrogens is 268 g/mol. The van der Waals surface area contributed by atoms with E-state index in [1.54, 1.807) is 0 Å². The van der Waals surface area contributed by atoms with E-state index < -0.39 is 6.10 Å². The molecule has 2 rings (SSSR count). The Labute approximate surface area is 134 Å². The van der Waals surface area contributed by atoms with Gasteiger partial charge in [0.15, 0.2) is 0 Å². The minimum atomic E-state index is -0.500. The van der Waals surface area contributed by atoms with Crippen molar-refractivity contribution in [3.63, 3.8) is 0 Å². The summed E-state index contributed by atoms with van der Waals surface area (Å²) in [5.74, 6) is 0. The fourth-order valence-corrected chi connectivity index (χ4v) is 3.04. The molecule has 0 aliphatic rings. The van der Waals surface area contributed by atoms with E-state index in [-0.39, 0.29) is 5.41 Å². The van der Waals surface area contributed by atoms with Crippen molar-refractivity contribution in [1.82, 2.24) is 0 Å². The molecule has 22 heavy (non-hydrogen) atoms. The van der Waals surface area contributed by atoms with E-state index in [2.05, 4.69) is 37.8 Å². The molecule has 0 saturated heterocycles. The Morgan fingerprint density at radius 2 is 1.59 bits per heavy atom. The fraction of sp³-hybridized carbons (Fsp3) is 0.333. The molecular formula is C21H26O. The summed E-state index contributed by atoms with van der Waals surface area (Å²) < 4.78 is 0. The van der Waals surface area contributed by atoms with Crippen LogP contribution in [0.3, 0.4) is 0 Å². The topological polar surface area (TPSA) is 20.2 Å². The van der Waals surface area contributed by atoms with Crippen molar-refractivity contribution >= 4 is 0 Å². The smallest absolute Gasteiger partial charge is 0.0883 e. The van der Waals surface area contributed by atoms with E-state index in [4.69, 9.17) is 0 Å². The quantitative estimate of drug-likeness (QED) is 0.509. The Kier molecular flexibility index (Phi) is 5.97. The number of allylic oxidation sites excluding steroid dienone is 1. The maximum Gasteiger partial charge on any atom is 0.0883 e. The van der Waals surface area contributed by atoms with Crippen LogP contribution >= 0.6 is 0 Å². The predicted molar refractivity (Wildman–Crippen MR) is 93.9 cm³/mol. The Balaban J connectivity index is 2.26. The van der Waals surface area contributed by atoms with Gasteiger partial charge in [-0.25, -0.2) is 0 Å². The van der Waals surface area contributed by atoms with Crippen molar-refractivity contribution in [2.45, 2.75) is 44.1 Å². The molecule has 0 aromatic heterocycles. The second-order valence-corrected chi connectivity index (χ2v) is 6.13. The summed E-state index contributed by atoms with van der Waals surface area (Å²) in [6, 6.07) is 20.4. The van der Waals surface area contributed by atoms with Gasteiger partial charge in [-0.05, 0) is 30.4 Å². The van der Waals surface area contributed by atoms with E-state index in [9.17, 15) is 5.11 Å². The number of aliphatic hydroxyl groups is 1. The molecule has 1 nitrogen and oxygen atoms in total. The lowest BCUT2D eigenvalue weighted by atomic mass is 9.71. The first-order chi connectivity index (χ1) is 10.7. The highest BCUT2D eigenvalue weighted by atomic mass is 16.3. The summed E-state index contributed by atoms with van der Waals surface area (Å²) in [7, 11) is 0. The molecule has 2 aromatic carbocycles. The van der Waals surface area contributed by atoms with Gasteiger partial charge in [-0.2, -0.15) is 0 Å². The molecule has 0 radical (unpaired) electrons. The largest absolute Gasteiger partial charge is 0.387 e. The summed E-state index contributed by atoms with van der Waals surface area (Å²) >= 11 is 0. The molecule has 0 fully saturated rings. The maximum atomic E-state index is 11.0. The molecule has 0 amide bonds. The lowest BCUT2D eigenvalue weighted by molar-refractivity contribution is 0.0821. The highest BCUT2D eigenvalue weighted by Gasteiger charge is 2.35. The third-order valence-electron chi connectivity index (χ3n) is 4.51. The molecule has 0 saturated carbocycles. The number of rotatable bonds is 8. The summed E-state index contributed by atoms with van der Waals surface area (Å²) in [6.07, 6.45) is 5.66. The first-order valence-electron chi connectivity index (χ1n) is 8.08. The number of hydrogen-bond donors (Lipinski definition) is 1. The molecule has 0 spiro atoms. The van der Waals surface area contributed by atoms with Gasteiger partial charge in [0.2, 0.25) is 0 Å². The van der Waals surface area contributed by atoms with Crippen LogP contribution in [0.15, 0.2) is 73.3 Å². The van der Waals surface area contributed by atoms with Gasteiger partial charge >= 0.3 is 0 Å². The van der Waals surface area contributed by atoms with E-state index in [1.807, 2.05) is 42.5 Å². The molecule has 0 aliphatic carbocycles. The third-order valence-corrected chi connectivity index (χ3v) is 4.51. The van der Waals surface area contributed by atoms with E-state index in [0.717, 1.165) is 31.2 Å². The Morgan fingerprint density at radius 1 is 1.00 bits per heavy atom. The van der Waals surface area contributed by atoms with Gasteiger partial charge < -0.3 is 5.11 Å². The zero-order valence-electron chi connectivity index (χ0n) is 13.4. The minimum Gasteiger partial charge on any atom is -0.387 e. The van der Waals surface area contributed by atoms with Crippen LogP contribution < -0.4 is 0 Å². The molecule has 0 heterocycles. The summed E-state index contributed by atoms with van der Waals surface area (Å²) in [5, 5.41) is 11.0. The maximum absolute atomic E-state index is 11.0. The van der Waals surface area contributed by atoms with Gasteiger partial charge in [0, 0.05) is 5.41 Å². The van der Waals surface area contributed by atoms with Crippen LogP contribution in [0.5, 0.6) is 0 Å². The standard InChI is InChI=1S/C21H26O/c1-3-4-5-12-17-21(2,19-15-10-7-11-16-19)20(22)18-13-8-6-9-14-18/h3,6-11,13-16,20,22H,1,4-5,12,17H2,2H3. The van der Waals surface area contributed by atoms with Gasteiger partial charge in [0.1, 0.15) is 0 Å². The Bertz CT molecular complexity index is 561. The summed E-state index contributed by atoms with van der Waals surface area (Å²) in [6.45, 7) is 5.96. The minimum absolute atomic E-state index is 0.274. The van der Waals surface area contributed by atoms with Gasteiger partial charge in [-0.15, -0.1) is 6.58 Å². The van der Waals surface area contributed by atoms with Gasteiger partial charge in [-0.1, -0.05) is 80.1 Å². The molecule has 2 unspecified atom stereocenters. The second kappa shape index (κ2) is 7.95. The molecule has 116 valence electrons.